The number of ether oxygens (including phenoxy) is 1. The maximum Gasteiger partial charge on any atom is 0.120 e. The molecule has 4 nitrogen and oxygen atoms in total. The molecule has 1 aliphatic rings. The van der Waals surface area contributed by atoms with Crippen molar-refractivity contribution in [3.8, 4) is 0 Å². The van der Waals surface area contributed by atoms with Crippen LogP contribution in [0.3, 0.4) is 0 Å². The van der Waals surface area contributed by atoms with Crippen molar-refractivity contribution in [2.24, 2.45) is 11.8 Å². The van der Waals surface area contributed by atoms with E-state index in [1.54, 1.807) is 0 Å². The summed E-state index contributed by atoms with van der Waals surface area (Å²) in [6, 6.07) is 9.79. The van der Waals surface area contributed by atoms with Gasteiger partial charge in [-0.05, 0) is 17.9 Å². The molecule has 0 aliphatic heterocycles. The van der Waals surface area contributed by atoms with Crippen LogP contribution in [0.1, 0.15) is 18.4 Å². The lowest BCUT2D eigenvalue weighted by Gasteiger charge is -2.21. The summed E-state index contributed by atoms with van der Waals surface area (Å²) in [5.74, 6) is -0.354. The molecule has 4 atom stereocenters. The molecule has 0 bridgehead atoms. The molecular weight excluding hydrogens is 244 g/mol. The molecule has 19 heavy (non-hydrogen) atoms. The highest BCUT2D eigenvalue weighted by Crippen LogP contribution is 2.34. The number of aliphatic hydroxyl groups excluding tert-OH is 2. The van der Waals surface area contributed by atoms with E-state index in [0.717, 1.165) is 11.8 Å². The molecule has 0 amide bonds. The molecule has 1 aromatic carbocycles. The van der Waals surface area contributed by atoms with Gasteiger partial charge in [0.05, 0.1) is 25.4 Å². The van der Waals surface area contributed by atoms with Crippen LogP contribution in [0.2, 0.25) is 0 Å². The summed E-state index contributed by atoms with van der Waals surface area (Å²) in [4.78, 5) is 10.6. The fourth-order valence-electron chi connectivity index (χ4n) is 2.73. The summed E-state index contributed by atoms with van der Waals surface area (Å²) in [7, 11) is 0. The summed E-state index contributed by atoms with van der Waals surface area (Å²) in [5.41, 5.74) is 1.07. The normalized spacial score (nSPS) is 30.4. The number of hydrogen-bond acceptors (Lipinski definition) is 4. The molecule has 2 N–H and O–H groups in total. The number of aldehydes is 1. The zero-order valence-electron chi connectivity index (χ0n) is 10.8. The summed E-state index contributed by atoms with van der Waals surface area (Å²) in [6.45, 7) is 0.847. The van der Waals surface area contributed by atoms with Crippen LogP contribution < -0.4 is 0 Å². The largest absolute Gasteiger partial charge is 0.393 e. The Morgan fingerprint density at radius 3 is 2.53 bits per heavy atom. The predicted octanol–water partition coefficient (Wildman–Crippen LogP) is 1.15. The maximum atomic E-state index is 10.6. The summed E-state index contributed by atoms with van der Waals surface area (Å²) in [6.07, 6.45) is 0.215. The first kappa shape index (κ1) is 14.2. The van der Waals surface area contributed by atoms with Crippen molar-refractivity contribution in [2.45, 2.75) is 31.7 Å². The monoisotopic (exact) mass is 264 g/mol. The van der Waals surface area contributed by atoms with Crippen LogP contribution in [0, 0.1) is 11.8 Å². The van der Waals surface area contributed by atoms with Crippen LogP contribution in [-0.2, 0) is 16.1 Å². The fourth-order valence-corrected chi connectivity index (χ4v) is 2.73. The third-order valence-corrected chi connectivity index (χ3v) is 3.81. The van der Waals surface area contributed by atoms with Crippen LogP contribution in [0.15, 0.2) is 30.3 Å². The van der Waals surface area contributed by atoms with Crippen molar-refractivity contribution >= 4 is 6.29 Å². The lowest BCUT2D eigenvalue weighted by Crippen LogP contribution is -2.27. The second-order valence-electron chi connectivity index (χ2n) is 5.10. The zero-order chi connectivity index (χ0) is 13.7. The number of aliphatic hydroxyl groups is 2. The van der Waals surface area contributed by atoms with Crippen LogP contribution >= 0.6 is 0 Å². The minimum absolute atomic E-state index is 0.163. The Hall–Kier alpha value is -1.23. The van der Waals surface area contributed by atoms with Crippen molar-refractivity contribution in [1.82, 2.24) is 0 Å². The number of rotatable bonds is 6. The minimum atomic E-state index is -0.606. The smallest absolute Gasteiger partial charge is 0.120 e. The van der Waals surface area contributed by atoms with Gasteiger partial charge in [-0.25, -0.2) is 0 Å². The Labute approximate surface area is 113 Å². The molecule has 0 spiro atoms. The van der Waals surface area contributed by atoms with Gasteiger partial charge in [-0.3, -0.25) is 0 Å². The van der Waals surface area contributed by atoms with Crippen molar-refractivity contribution in [2.75, 3.05) is 6.61 Å². The molecule has 1 aliphatic carbocycles. The van der Waals surface area contributed by atoms with Gasteiger partial charge in [0.2, 0.25) is 0 Å². The average molecular weight is 264 g/mol. The third-order valence-electron chi connectivity index (χ3n) is 3.81. The highest BCUT2D eigenvalue weighted by molar-refractivity contribution is 5.50. The second-order valence-corrected chi connectivity index (χ2v) is 5.10. The van der Waals surface area contributed by atoms with E-state index in [0.29, 0.717) is 19.6 Å². The molecule has 4 unspecified atom stereocenters. The first-order valence-corrected chi connectivity index (χ1v) is 6.63. The fraction of sp³-hybridized carbons (Fsp3) is 0.533. The van der Waals surface area contributed by atoms with E-state index in [-0.39, 0.29) is 18.3 Å². The minimum Gasteiger partial charge on any atom is -0.393 e. The molecule has 104 valence electrons. The highest BCUT2D eigenvalue weighted by atomic mass is 16.5. The quantitative estimate of drug-likeness (QED) is 0.756. The molecule has 1 aromatic rings. The van der Waals surface area contributed by atoms with Crippen LogP contribution in [0.25, 0.3) is 0 Å². The number of carbonyl (C=O) groups is 1. The van der Waals surface area contributed by atoms with Crippen LogP contribution in [-0.4, -0.2) is 35.3 Å². The van der Waals surface area contributed by atoms with E-state index in [1.165, 1.54) is 0 Å². The Bertz CT molecular complexity index is 392. The van der Waals surface area contributed by atoms with E-state index < -0.39 is 12.2 Å². The van der Waals surface area contributed by atoms with Gasteiger partial charge < -0.3 is 19.7 Å². The van der Waals surface area contributed by atoms with E-state index in [4.69, 9.17) is 4.74 Å². The Kier molecular flexibility index (Phi) is 5.07. The van der Waals surface area contributed by atoms with Crippen molar-refractivity contribution < 1.29 is 19.7 Å². The first-order chi connectivity index (χ1) is 9.22. The van der Waals surface area contributed by atoms with Gasteiger partial charge in [-0.2, -0.15) is 0 Å². The molecule has 2 rings (SSSR count). The van der Waals surface area contributed by atoms with Gasteiger partial charge >= 0.3 is 0 Å². The Morgan fingerprint density at radius 2 is 1.84 bits per heavy atom. The number of benzene rings is 1. The number of carbonyl (C=O) groups excluding carboxylic acids is 1. The van der Waals surface area contributed by atoms with E-state index in [2.05, 4.69) is 0 Å². The van der Waals surface area contributed by atoms with E-state index in [1.807, 2.05) is 30.3 Å². The molecule has 0 heterocycles. The lowest BCUT2D eigenvalue weighted by molar-refractivity contribution is -0.110. The van der Waals surface area contributed by atoms with Gasteiger partial charge in [0.25, 0.3) is 0 Å². The summed E-state index contributed by atoms with van der Waals surface area (Å²) in [5, 5.41) is 19.7. The topological polar surface area (TPSA) is 66.8 Å². The van der Waals surface area contributed by atoms with Gasteiger partial charge in [0, 0.05) is 12.3 Å². The molecule has 1 saturated carbocycles. The molecule has 0 radical (unpaired) electrons. The van der Waals surface area contributed by atoms with Gasteiger partial charge in [-0.1, -0.05) is 30.3 Å². The standard InChI is InChI=1S/C15H20O4/c16-7-6-12-13(15(18)8-14(12)17)10-19-9-11-4-2-1-3-5-11/h1-5,7,12-15,17-18H,6,8-10H2. The average Bonchev–Trinajstić information content (AvgIpc) is 2.67. The van der Waals surface area contributed by atoms with E-state index in [9.17, 15) is 15.0 Å². The van der Waals surface area contributed by atoms with Gasteiger partial charge in [0.1, 0.15) is 6.29 Å². The lowest BCUT2D eigenvalue weighted by atomic mass is 9.92. The Morgan fingerprint density at radius 1 is 1.16 bits per heavy atom. The van der Waals surface area contributed by atoms with Crippen LogP contribution in [0.5, 0.6) is 0 Å². The second kappa shape index (κ2) is 6.80. The molecule has 1 fully saturated rings. The van der Waals surface area contributed by atoms with Crippen LogP contribution in [0.4, 0.5) is 0 Å². The van der Waals surface area contributed by atoms with Gasteiger partial charge in [0.15, 0.2) is 0 Å². The molecular formula is C15H20O4. The van der Waals surface area contributed by atoms with E-state index >= 15 is 0 Å². The van der Waals surface area contributed by atoms with Crippen molar-refractivity contribution in [1.29, 1.82) is 0 Å². The molecule has 0 aromatic heterocycles. The molecule has 4 heteroatoms. The number of hydrogen-bond donors (Lipinski definition) is 2. The molecule has 0 saturated heterocycles. The van der Waals surface area contributed by atoms with Gasteiger partial charge in [-0.15, -0.1) is 0 Å². The maximum absolute atomic E-state index is 10.6. The summed E-state index contributed by atoms with van der Waals surface area (Å²) < 4.78 is 5.61. The van der Waals surface area contributed by atoms with Crippen molar-refractivity contribution in [3.63, 3.8) is 0 Å². The van der Waals surface area contributed by atoms with Crippen molar-refractivity contribution in [3.05, 3.63) is 35.9 Å². The first-order valence-electron chi connectivity index (χ1n) is 6.63. The SMILES string of the molecule is O=CCC1C(O)CC(O)C1COCc1ccccc1. The predicted molar refractivity (Wildman–Crippen MR) is 70.4 cm³/mol. The Balaban J connectivity index is 1.85. The highest BCUT2D eigenvalue weighted by Gasteiger charge is 2.41. The zero-order valence-corrected chi connectivity index (χ0v) is 10.8. The summed E-state index contributed by atoms with van der Waals surface area (Å²) >= 11 is 0. The third kappa shape index (κ3) is 3.62.